The minimum atomic E-state index is 0.129. The Morgan fingerprint density at radius 2 is 2.29 bits per heavy atom. The van der Waals surface area contributed by atoms with Gasteiger partial charge in [0.05, 0.1) is 12.6 Å². The summed E-state index contributed by atoms with van der Waals surface area (Å²) in [5.74, 6) is 4.28. The summed E-state index contributed by atoms with van der Waals surface area (Å²) in [4.78, 5) is 4.26. The van der Waals surface area contributed by atoms with E-state index in [-0.39, 0.29) is 6.04 Å². The van der Waals surface area contributed by atoms with E-state index in [0.29, 0.717) is 12.5 Å². The molecule has 1 unspecified atom stereocenters. The highest BCUT2D eigenvalue weighted by Crippen LogP contribution is 2.02. The van der Waals surface area contributed by atoms with Crippen molar-refractivity contribution >= 4 is 0 Å². The van der Waals surface area contributed by atoms with Gasteiger partial charge in [0.1, 0.15) is 12.2 Å². The zero-order chi connectivity index (χ0) is 12.7. The molecule has 94 valence electrons. The zero-order valence-corrected chi connectivity index (χ0v) is 11.0. The van der Waals surface area contributed by atoms with Gasteiger partial charge in [0.15, 0.2) is 0 Å². The number of hydrogen-bond acceptors (Lipinski definition) is 3. The fraction of sp³-hybridized carbons (Fsp3) is 0.692. The molecule has 0 spiro atoms. The Labute approximate surface area is 104 Å². The van der Waals surface area contributed by atoms with E-state index in [0.717, 1.165) is 25.2 Å². The third-order valence-corrected chi connectivity index (χ3v) is 2.52. The van der Waals surface area contributed by atoms with E-state index in [2.05, 4.69) is 42.1 Å². The van der Waals surface area contributed by atoms with Gasteiger partial charge in [0, 0.05) is 6.54 Å². The van der Waals surface area contributed by atoms with Crippen LogP contribution in [0.1, 0.15) is 39.4 Å². The maximum Gasteiger partial charge on any atom is 0.140 e. The van der Waals surface area contributed by atoms with Crippen molar-refractivity contribution in [2.75, 3.05) is 0 Å². The van der Waals surface area contributed by atoms with Crippen LogP contribution in [0.25, 0.3) is 0 Å². The van der Waals surface area contributed by atoms with Crippen LogP contribution in [-0.2, 0) is 13.1 Å². The Balaban J connectivity index is 2.51. The molecule has 17 heavy (non-hydrogen) atoms. The van der Waals surface area contributed by atoms with Crippen molar-refractivity contribution in [3.05, 3.63) is 12.2 Å². The molecule has 1 rings (SSSR count). The van der Waals surface area contributed by atoms with E-state index in [4.69, 9.17) is 6.42 Å². The highest BCUT2D eigenvalue weighted by molar-refractivity contribution is 4.99. The Hall–Kier alpha value is -1.34. The van der Waals surface area contributed by atoms with Gasteiger partial charge in [-0.2, -0.15) is 5.10 Å². The molecular weight excluding hydrogens is 212 g/mol. The van der Waals surface area contributed by atoms with Crippen molar-refractivity contribution in [3.8, 4) is 12.3 Å². The number of hydrogen-bond donors (Lipinski definition) is 1. The summed E-state index contributed by atoms with van der Waals surface area (Å²) in [7, 11) is 0. The maximum absolute atomic E-state index is 5.46. The molecule has 1 atom stereocenters. The molecule has 0 bridgehead atoms. The van der Waals surface area contributed by atoms with E-state index in [9.17, 15) is 0 Å². The molecule has 1 aromatic rings. The van der Waals surface area contributed by atoms with E-state index in [1.807, 2.05) is 4.68 Å². The molecule has 0 saturated heterocycles. The smallest absolute Gasteiger partial charge is 0.140 e. The highest BCUT2D eigenvalue weighted by atomic mass is 15.3. The quantitative estimate of drug-likeness (QED) is 0.732. The van der Waals surface area contributed by atoms with E-state index >= 15 is 0 Å². The van der Waals surface area contributed by atoms with Gasteiger partial charge in [-0.15, -0.1) is 6.42 Å². The minimum Gasteiger partial charge on any atom is -0.297 e. The lowest BCUT2D eigenvalue weighted by atomic mass is 10.2. The number of aromatic nitrogens is 3. The van der Waals surface area contributed by atoms with Crippen molar-refractivity contribution in [1.29, 1.82) is 0 Å². The average molecular weight is 234 g/mol. The molecule has 0 fully saturated rings. The minimum absolute atomic E-state index is 0.129. The molecule has 1 N–H and O–H groups in total. The van der Waals surface area contributed by atoms with Crippen LogP contribution in [0.2, 0.25) is 0 Å². The average Bonchev–Trinajstić information content (AvgIpc) is 2.71. The molecule has 0 aliphatic heterocycles. The third kappa shape index (κ3) is 4.58. The molecule has 1 aromatic heterocycles. The largest absolute Gasteiger partial charge is 0.297 e. The molecule has 0 amide bonds. The summed E-state index contributed by atoms with van der Waals surface area (Å²) in [6.45, 7) is 8.04. The van der Waals surface area contributed by atoms with Crippen LogP contribution in [-0.4, -0.2) is 20.8 Å². The molecule has 0 saturated carbocycles. The topological polar surface area (TPSA) is 42.7 Å². The van der Waals surface area contributed by atoms with E-state index < -0.39 is 0 Å². The van der Waals surface area contributed by atoms with Gasteiger partial charge in [-0.1, -0.05) is 33.1 Å². The van der Waals surface area contributed by atoms with Gasteiger partial charge in [0.2, 0.25) is 0 Å². The molecule has 4 nitrogen and oxygen atoms in total. The second kappa shape index (κ2) is 7.08. The lowest BCUT2D eigenvalue weighted by Crippen LogP contribution is -2.28. The van der Waals surface area contributed by atoms with E-state index in [1.165, 1.54) is 0 Å². The van der Waals surface area contributed by atoms with Crippen LogP contribution >= 0.6 is 0 Å². The first-order valence-electron chi connectivity index (χ1n) is 6.23. The van der Waals surface area contributed by atoms with Gasteiger partial charge in [0.25, 0.3) is 0 Å². The summed E-state index contributed by atoms with van der Waals surface area (Å²) >= 11 is 0. The number of rotatable bonds is 7. The summed E-state index contributed by atoms with van der Waals surface area (Å²) in [5, 5.41) is 7.55. The van der Waals surface area contributed by atoms with Gasteiger partial charge in [-0.25, -0.2) is 9.67 Å². The van der Waals surface area contributed by atoms with Gasteiger partial charge in [-0.3, -0.25) is 5.32 Å². The number of nitrogens with one attached hydrogen (secondary N) is 1. The zero-order valence-electron chi connectivity index (χ0n) is 11.0. The molecule has 0 aromatic carbocycles. The Morgan fingerprint density at radius 1 is 1.53 bits per heavy atom. The SMILES string of the molecule is C#CC(CCC)NCc1ncnn1CC(C)C. The normalized spacial score (nSPS) is 12.6. The molecular formula is C13H22N4. The van der Waals surface area contributed by atoms with Crippen LogP contribution in [0.5, 0.6) is 0 Å². The van der Waals surface area contributed by atoms with Crippen LogP contribution in [0.4, 0.5) is 0 Å². The molecule has 0 aliphatic carbocycles. The lowest BCUT2D eigenvalue weighted by molar-refractivity contribution is 0.450. The van der Waals surface area contributed by atoms with Crippen molar-refractivity contribution in [2.45, 2.75) is 52.7 Å². The summed E-state index contributed by atoms with van der Waals surface area (Å²) in [6.07, 6.45) is 9.14. The second-order valence-corrected chi connectivity index (χ2v) is 4.64. The van der Waals surface area contributed by atoms with Crippen molar-refractivity contribution in [1.82, 2.24) is 20.1 Å². The first kappa shape index (κ1) is 13.7. The summed E-state index contributed by atoms with van der Waals surface area (Å²) in [6, 6.07) is 0.129. The predicted octanol–water partition coefficient (Wildman–Crippen LogP) is 1.83. The first-order chi connectivity index (χ1) is 8.17. The Morgan fingerprint density at radius 3 is 2.88 bits per heavy atom. The monoisotopic (exact) mass is 234 g/mol. The van der Waals surface area contributed by atoms with Crippen LogP contribution < -0.4 is 5.32 Å². The van der Waals surface area contributed by atoms with Crippen molar-refractivity contribution in [2.24, 2.45) is 5.92 Å². The summed E-state index contributed by atoms with van der Waals surface area (Å²) in [5.41, 5.74) is 0. The first-order valence-corrected chi connectivity index (χ1v) is 6.23. The van der Waals surface area contributed by atoms with Crippen LogP contribution in [0, 0.1) is 18.3 Å². The van der Waals surface area contributed by atoms with Gasteiger partial charge in [-0.05, 0) is 12.3 Å². The Bertz CT molecular complexity index is 362. The Kier molecular flexibility index (Phi) is 5.71. The second-order valence-electron chi connectivity index (χ2n) is 4.64. The molecule has 1 heterocycles. The number of nitrogens with zero attached hydrogens (tertiary/aromatic N) is 3. The fourth-order valence-electron chi connectivity index (χ4n) is 1.67. The fourth-order valence-corrected chi connectivity index (χ4v) is 1.67. The number of terminal acetylenes is 1. The summed E-state index contributed by atoms with van der Waals surface area (Å²) < 4.78 is 1.94. The lowest BCUT2D eigenvalue weighted by Gasteiger charge is -2.13. The van der Waals surface area contributed by atoms with Crippen LogP contribution in [0.3, 0.4) is 0 Å². The highest BCUT2D eigenvalue weighted by Gasteiger charge is 2.08. The predicted molar refractivity (Wildman–Crippen MR) is 69.2 cm³/mol. The van der Waals surface area contributed by atoms with Gasteiger partial charge >= 0.3 is 0 Å². The maximum atomic E-state index is 5.46. The molecule has 4 heteroatoms. The van der Waals surface area contributed by atoms with Crippen molar-refractivity contribution in [3.63, 3.8) is 0 Å². The third-order valence-electron chi connectivity index (χ3n) is 2.52. The molecule has 0 aliphatic rings. The van der Waals surface area contributed by atoms with Crippen molar-refractivity contribution < 1.29 is 0 Å². The van der Waals surface area contributed by atoms with E-state index in [1.54, 1.807) is 6.33 Å². The van der Waals surface area contributed by atoms with Gasteiger partial charge < -0.3 is 0 Å². The van der Waals surface area contributed by atoms with Crippen LogP contribution in [0.15, 0.2) is 6.33 Å². The standard InChI is InChI=1S/C13H22N4/c1-5-7-12(6-2)14-8-13-15-10-16-17(13)9-11(3)4/h2,10-12,14H,5,7-9H2,1,3-4H3. The molecule has 0 radical (unpaired) electrons.